The van der Waals surface area contributed by atoms with Gasteiger partial charge in [0.25, 0.3) is 0 Å². The van der Waals surface area contributed by atoms with Crippen LogP contribution in [0.5, 0.6) is 0 Å². The minimum absolute atomic E-state index is 0.484. The first-order chi connectivity index (χ1) is 4.60. The van der Waals surface area contributed by atoms with Crippen molar-refractivity contribution in [3.63, 3.8) is 0 Å². The van der Waals surface area contributed by atoms with E-state index in [1.807, 2.05) is 6.92 Å². The van der Waals surface area contributed by atoms with E-state index < -0.39 is 14.5 Å². The van der Waals surface area contributed by atoms with Gasteiger partial charge in [-0.25, -0.2) is 4.80 Å². The van der Waals surface area contributed by atoms with Gasteiger partial charge in [-0.2, -0.15) is 0 Å². The van der Waals surface area contributed by atoms with Gasteiger partial charge < -0.3 is 14.6 Å². The van der Waals surface area contributed by atoms with Crippen molar-refractivity contribution in [2.75, 3.05) is 14.2 Å². The molecule has 1 atom stereocenters. The third kappa shape index (κ3) is 2.03. The summed E-state index contributed by atoms with van der Waals surface area (Å²) < 4.78 is 9.35. The SMILES string of the molecule is CCC(N)[Si]([O])(OC)OC. The van der Waals surface area contributed by atoms with Crippen LogP contribution in [-0.2, 0) is 13.6 Å². The molecular weight excluding hydrogens is 150 g/mol. The Balaban J connectivity index is 4.02. The Bertz CT molecular complexity index is 96.9. The first-order valence-electron chi connectivity index (χ1n) is 3.17. The van der Waals surface area contributed by atoms with Crippen molar-refractivity contribution >= 4 is 8.80 Å². The molecule has 2 N–H and O–H groups in total. The fourth-order valence-corrected chi connectivity index (χ4v) is 1.91. The highest BCUT2D eigenvalue weighted by Gasteiger charge is 2.43. The van der Waals surface area contributed by atoms with Crippen LogP contribution in [-0.4, -0.2) is 28.7 Å². The molecule has 0 fully saturated rings. The molecule has 0 amide bonds. The van der Waals surface area contributed by atoms with E-state index in [9.17, 15) is 4.80 Å². The molecule has 0 saturated carbocycles. The number of nitrogens with two attached hydrogens (primary N) is 1. The summed E-state index contributed by atoms with van der Waals surface area (Å²) in [7, 11) is -0.582. The van der Waals surface area contributed by atoms with Crippen LogP contribution < -0.4 is 5.73 Å². The van der Waals surface area contributed by atoms with Crippen molar-refractivity contribution in [2.24, 2.45) is 5.73 Å². The van der Waals surface area contributed by atoms with Crippen molar-refractivity contribution in [2.45, 2.75) is 19.0 Å². The first kappa shape index (κ1) is 10.1. The predicted molar refractivity (Wildman–Crippen MR) is 38.7 cm³/mol. The Morgan fingerprint density at radius 1 is 1.50 bits per heavy atom. The van der Waals surface area contributed by atoms with Crippen molar-refractivity contribution < 1.29 is 13.6 Å². The van der Waals surface area contributed by atoms with Crippen LogP contribution in [0.2, 0.25) is 0 Å². The summed E-state index contributed by atoms with van der Waals surface area (Å²) in [6.45, 7) is 1.84. The van der Waals surface area contributed by atoms with Gasteiger partial charge >= 0.3 is 8.80 Å². The first-order valence-corrected chi connectivity index (χ1v) is 4.97. The lowest BCUT2D eigenvalue weighted by Gasteiger charge is -2.22. The van der Waals surface area contributed by atoms with Gasteiger partial charge in [-0.1, -0.05) is 6.92 Å². The van der Waals surface area contributed by atoms with E-state index in [1.165, 1.54) is 14.2 Å². The number of hydrogen-bond donors (Lipinski definition) is 1. The average molecular weight is 164 g/mol. The minimum Gasteiger partial charge on any atom is -0.375 e. The molecule has 0 aliphatic rings. The molecule has 1 radical (unpaired) electrons. The quantitative estimate of drug-likeness (QED) is 0.591. The molecule has 0 heterocycles. The Morgan fingerprint density at radius 3 is 2.00 bits per heavy atom. The van der Waals surface area contributed by atoms with E-state index >= 15 is 0 Å². The Morgan fingerprint density at radius 2 is 1.90 bits per heavy atom. The Hall–Kier alpha value is 0.0569. The number of rotatable bonds is 4. The van der Waals surface area contributed by atoms with Crippen LogP contribution in [0.3, 0.4) is 0 Å². The van der Waals surface area contributed by atoms with Crippen molar-refractivity contribution in [1.82, 2.24) is 0 Å². The summed E-state index contributed by atoms with van der Waals surface area (Å²) in [5.41, 5.74) is 4.99. The summed E-state index contributed by atoms with van der Waals surface area (Å²) in [6.07, 6.45) is 0.595. The smallest absolute Gasteiger partial charge is 0.375 e. The Kier molecular flexibility index (Phi) is 4.07. The molecule has 0 saturated heterocycles. The van der Waals surface area contributed by atoms with Crippen LogP contribution in [0, 0.1) is 0 Å². The molecule has 0 spiro atoms. The average Bonchev–Trinajstić information content (AvgIpc) is 2.01. The molecule has 0 aliphatic carbocycles. The normalized spacial score (nSPS) is 15.3. The standard InChI is InChI=1S/C5H14NO3Si/c1-4-5(6)10(7,8-2)9-3/h5H,4,6H2,1-3H3. The van der Waals surface area contributed by atoms with E-state index in [0.717, 1.165) is 0 Å². The van der Waals surface area contributed by atoms with Crippen LogP contribution in [0.1, 0.15) is 13.3 Å². The van der Waals surface area contributed by atoms with Crippen molar-refractivity contribution in [3.05, 3.63) is 0 Å². The van der Waals surface area contributed by atoms with Crippen molar-refractivity contribution in [1.29, 1.82) is 0 Å². The van der Waals surface area contributed by atoms with Crippen LogP contribution in [0.15, 0.2) is 0 Å². The molecular formula is C5H14NO3Si. The van der Waals surface area contributed by atoms with E-state index in [1.54, 1.807) is 0 Å². The molecule has 0 aromatic heterocycles. The lowest BCUT2D eigenvalue weighted by Crippen LogP contribution is -2.55. The number of hydrogen-bond acceptors (Lipinski definition) is 3. The van der Waals surface area contributed by atoms with E-state index in [2.05, 4.69) is 8.85 Å². The second-order valence-corrected chi connectivity index (χ2v) is 4.79. The van der Waals surface area contributed by atoms with Crippen molar-refractivity contribution in [3.8, 4) is 0 Å². The lowest BCUT2D eigenvalue weighted by molar-refractivity contribution is 0.107. The summed E-state index contributed by atoms with van der Waals surface area (Å²) in [5, 5.41) is 0. The molecule has 0 aromatic carbocycles. The fourth-order valence-electron chi connectivity index (χ4n) is 0.636. The third-order valence-electron chi connectivity index (χ3n) is 1.46. The van der Waals surface area contributed by atoms with Gasteiger partial charge in [0, 0.05) is 14.2 Å². The topological polar surface area (TPSA) is 64.4 Å². The van der Waals surface area contributed by atoms with Crippen LogP contribution in [0.25, 0.3) is 0 Å². The maximum absolute atomic E-state index is 11.3. The van der Waals surface area contributed by atoms with Gasteiger partial charge in [0.2, 0.25) is 0 Å². The molecule has 0 rings (SSSR count). The van der Waals surface area contributed by atoms with Crippen LogP contribution >= 0.6 is 0 Å². The van der Waals surface area contributed by atoms with Gasteiger partial charge in [0.05, 0.1) is 5.67 Å². The van der Waals surface area contributed by atoms with Gasteiger partial charge in [0.15, 0.2) is 0 Å². The zero-order chi connectivity index (χ0) is 8.20. The maximum atomic E-state index is 11.3. The minimum atomic E-state index is -3.27. The monoisotopic (exact) mass is 164 g/mol. The predicted octanol–water partition coefficient (Wildman–Crippen LogP) is -0.0749. The summed E-state index contributed by atoms with van der Waals surface area (Å²) in [4.78, 5) is 11.3. The van der Waals surface area contributed by atoms with Gasteiger partial charge in [0.1, 0.15) is 0 Å². The molecule has 1 unspecified atom stereocenters. The fraction of sp³-hybridized carbons (Fsp3) is 1.00. The molecule has 5 heteroatoms. The zero-order valence-corrected chi connectivity index (χ0v) is 7.59. The summed E-state index contributed by atoms with van der Waals surface area (Å²) in [5.74, 6) is 0. The van der Waals surface area contributed by atoms with E-state index in [0.29, 0.717) is 6.42 Å². The Labute approximate surface area is 62.3 Å². The third-order valence-corrected chi connectivity index (χ3v) is 3.92. The van der Waals surface area contributed by atoms with Crippen LogP contribution in [0.4, 0.5) is 0 Å². The summed E-state index contributed by atoms with van der Waals surface area (Å²) in [6, 6.07) is 0. The molecule has 0 aromatic rings. The molecule has 0 aliphatic heterocycles. The molecule has 10 heavy (non-hydrogen) atoms. The molecule has 4 nitrogen and oxygen atoms in total. The highest BCUT2D eigenvalue weighted by molar-refractivity contribution is 6.60. The molecule has 0 bridgehead atoms. The van der Waals surface area contributed by atoms with E-state index in [-0.39, 0.29) is 0 Å². The van der Waals surface area contributed by atoms with Gasteiger partial charge in [-0.3, -0.25) is 0 Å². The molecule has 61 valence electrons. The zero-order valence-electron chi connectivity index (χ0n) is 6.59. The van der Waals surface area contributed by atoms with Gasteiger partial charge in [-0.15, -0.1) is 0 Å². The summed E-state index contributed by atoms with van der Waals surface area (Å²) >= 11 is 0. The van der Waals surface area contributed by atoms with E-state index in [4.69, 9.17) is 5.73 Å². The second kappa shape index (κ2) is 4.04. The second-order valence-electron chi connectivity index (χ2n) is 2.03. The lowest BCUT2D eigenvalue weighted by atomic mass is 10.5. The highest BCUT2D eigenvalue weighted by atomic mass is 28.4. The maximum Gasteiger partial charge on any atom is 0.545 e. The van der Waals surface area contributed by atoms with Gasteiger partial charge in [-0.05, 0) is 6.42 Å². The largest absolute Gasteiger partial charge is 0.545 e. The highest BCUT2D eigenvalue weighted by Crippen LogP contribution is 2.07.